The van der Waals surface area contributed by atoms with Crippen LogP contribution >= 0.6 is 0 Å². The zero-order chi connectivity index (χ0) is 8.27. The summed E-state index contributed by atoms with van der Waals surface area (Å²) in [4.78, 5) is 0. The van der Waals surface area contributed by atoms with E-state index in [9.17, 15) is 5.11 Å². The fourth-order valence-electron chi connectivity index (χ4n) is 1.82. The van der Waals surface area contributed by atoms with Crippen molar-refractivity contribution in [2.45, 2.75) is 45.6 Å². The Balaban J connectivity index is 2.40. The van der Waals surface area contributed by atoms with E-state index in [0.717, 1.165) is 12.8 Å². The molecule has 1 nitrogen and oxygen atoms in total. The van der Waals surface area contributed by atoms with Gasteiger partial charge in [0.25, 0.3) is 0 Å². The summed E-state index contributed by atoms with van der Waals surface area (Å²) in [5.41, 5.74) is 1.38. The molecule has 0 aromatic rings. The highest BCUT2D eigenvalue weighted by molar-refractivity contribution is 4.98. The molecular weight excluding hydrogens is 136 g/mol. The fraction of sp³-hybridized carbons (Fsp3) is 0.800. The van der Waals surface area contributed by atoms with Crippen molar-refractivity contribution in [2.24, 2.45) is 5.92 Å². The Morgan fingerprint density at radius 3 is 2.64 bits per heavy atom. The molecule has 0 aromatic heterocycles. The van der Waals surface area contributed by atoms with Crippen LogP contribution in [0.25, 0.3) is 0 Å². The van der Waals surface area contributed by atoms with Gasteiger partial charge in [-0.1, -0.05) is 18.1 Å². The molecule has 1 saturated carbocycles. The van der Waals surface area contributed by atoms with Crippen LogP contribution in [-0.4, -0.2) is 11.2 Å². The maximum Gasteiger partial charge on any atom is 0.0545 e. The first kappa shape index (κ1) is 8.79. The van der Waals surface area contributed by atoms with E-state index in [1.54, 1.807) is 0 Å². The summed E-state index contributed by atoms with van der Waals surface area (Å²) in [6.45, 7) is 4.25. The van der Waals surface area contributed by atoms with Crippen LogP contribution in [0.15, 0.2) is 11.6 Å². The fourth-order valence-corrected chi connectivity index (χ4v) is 1.82. The molecule has 0 aliphatic heterocycles. The van der Waals surface area contributed by atoms with Crippen molar-refractivity contribution in [3.8, 4) is 0 Å². The average Bonchev–Trinajstić information content (AvgIpc) is 1.85. The predicted molar refractivity (Wildman–Crippen MR) is 47.4 cm³/mol. The van der Waals surface area contributed by atoms with Gasteiger partial charge in [0.05, 0.1) is 6.10 Å². The van der Waals surface area contributed by atoms with Crippen LogP contribution in [0.2, 0.25) is 0 Å². The number of hydrogen-bond acceptors (Lipinski definition) is 1. The van der Waals surface area contributed by atoms with E-state index < -0.39 is 0 Å². The number of rotatable bonds is 1. The topological polar surface area (TPSA) is 20.2 Å². The third-order valence-corrected chi connectivity index (χ3v) is 2.26. The van der Waals surface area contributed by atoms with Gasteiger partial charge in [-0.05, 0) is 39.0 Å². The molecule has 0 bridgehead atoms. The summed E-state index contributed by atoms with van der Waals surface area (Å²) >= 11 is 0. The van der Waals surface area contributed by atoms with Crippen LogP contribution in [0, 0.1) is 5.92 Å². The first-order chi connectivity index (χ1) is 5.18. The van der Waals surface area contributed by atoms with Gasteiger partial charge >= 0.3 is 0 Å². The van der Waals surface area contributed by atoms with Gasteiger partial charge < -0.3 is 5.11 Å². The number of aliphatic hydroxyl groups is 1. The highest BCUT2D eigenvalue weighted by Gasteiger charge is 2.17. The molecule has 0 amide bonds. The first-order valence-corrected chi connectivity index (χ1v) is 4.51. The normalized spacial score (nSPS) is 31.5. The van der Waals surface area contributed by atoms with E-state index in [4.69, 9.17) is 0 Å². The molecule has 1 rings (SSSR count). The van der Waals surface area contributed by atoms with Gasteiger partial charge in [0.15, 0.2) is 0 Å². The van der Waals surface area contributed by atoms with Crippen LogP contribution < -0.4 is 0 Å². The van der Waals surface area contributed by atoms with Crippen LogP contribution in [0.4, 0.5) is 0 Å². The summed E-state index contributed by atoms with van der Waals surface area (Å²) < 4.78 is 0. The van der Waals surface area contributed by atoms with E-state index in [-0.39, 0.29) is 6.10 Å². The molecule has 0 aromatic carbocycles. The van der Waals surface area contributed by atoms with E-state index in [0.29, 0.717) is 5.92 Å². The van der Waals surface area contributed by atoms with Crippen molar-refractivity contribution in [1.29, 1.82) is 0 Å². The third kappa shape index (κ3) is 3.06. The Morgan fingerprint density at radius 1 is 1.36 bits per heavy atom. The molecule has 2 atom stereocenters. The van der Waals surface area contributed by atoms with Crippen LogP contribution in [-0.2, 0) is 0 Å². The van der Waals surface area contributed by atoms with Crippen molar-refractivity contribution >= 4 is 0 Å². The quantitative estimate of drug-likeness (QED) is 0.575. The lowest BCUT2D eigenvalue weighted by atomic mass is 9.86. The molecule has 1 fully saturated rings. The van der Waals surface area contributed by atoms with E-state index in [1.807, 2.05) is 0 Å². The zero-order valence-corrected chi connectivity index (χ0v) is 7.51. The molecule has 0 spiro atoms. The second kappa shape index (κ2) is 3.91. The van der Waals surface area contributed by atoms with E-state index >= 15 is 0 Å². The molecule has 1 aliphatic carbocycles. The van der Waals surface area contributed by atoms with Crippen molar-refractivity contribution in [3.05, 3.63) is 11.6 Å². The second-order valence-electron chi connectivity index (χ2n) is 3.82. The molecule has 0 radical (unpaired) electrons. The Labute approximate surface area is 69.1 Å². The highest BCUT2D eigenvalue weighted by Crippen LogP contribution is 2.25. The monoisotopic (exact) mass is 154 g/mol. The van der Waals surface area contributed by atoms with Crippen LogP contribution in [0.3, 0.4) is 0 Å². The minimum atomic E-state index is -0.0376. The van der Waals surface area contributed by atoms with Gasteiger partial charge in [-0.2, -0.15) is 0 Å². The summed E-state index contributed by atoms with van der Waals surface area (Å²) in [5, 5.41) is 9.36. The summed E-state index contributed by atoms with van der Waals surface area (Å²) in [6, 6.07) is 0. The van der Waals surface area contributed by atoms with Crippen LogP contribution in [0.1, 0.15) is 39.5 Å². The maximum absolute atomic E-state index is 9.36. The number of hydrogen-bond donors (Lipinski definition) is 1. The number of allylic oxidation sites excluding steroid dienone is 2. The molecule has 11 heavy (non-hydrogen) atoms. The molecular formula is C10H18O. The zero-order valence-electron chi connectivity index (χ0n) is 7.51. The van der Waals surface area contributed by atoms with Gasteiger partial charge in [-0.3, -0.25) is 0 Å². The Morgan fingerprint density at radius 2 is 2.09 bits per heavy atom. The largest absolute Gasteiger partial charge is 0.393 e. The molecule has 1 heteroatoms. The lowest BCUT2D eigenvalue weighted by Gasteiger charge is -2.23. The molecule has 1 N–H and O–H groups in total. The lowest BCUT2D eigenvalue weighted by molar-refractivity contribution is 0.113. The Hall–Kier alpha value is -0.300. The summed E-state index contributed by atoms with van der Waals surface area (Å²) in [7, 11) is 0. The molecule has 0 saturated heterocycles. The maximum atomic E-state index is 9.36. The second-order valence-corrected chi connectivity index (χ2v) is 3.82. The molecule has 2 unspecified atom stereocenters. The Kier molecular flexibility index (Phi) is 3.13. The number of aliphatic hydroxyl groups excluding tert-OH is 1. The van der Waals surface area contributed by atoms with Crippen LogP contribution in [0.5, 0.6) is 0 Å². The average molecular weight is 154 g/mol. The smallest absolute Gasteiger partial charge is 0.0545 e. The summed E-state index contributed by atoms with van der Waals surface area (Å²) in [5.74, 6) is 0.642. The minimum Gasteiger partial charge on any atom is -0.393 e. The Bertz CT molecular complexity index is 145. The minimum absolute atomic E-state index is 0.0376. The molecule has 1 aliphatic rings. The van der Waals surface area contributed by atoms with Crippen molar-refractivity contribution in [1.82, 2.24) is 0 Å². The van der Waals surface area contributed by atoms with Gasteiger partial charge in [0, 0.05) is 0 Å². The van der Waals surface area contributed by atoms with Crippen molar-refractivity contribution in [3.63, 3.8) is 0 Å². The predicted octanol–water partition coefficient (Wildman–Crippen LogP) is 2.50. The van der Waals surface area contributed by atoms with Gasteiger partial charge in [-0.15, -0.1) is 0 Å². The van der Waals surface area contributed by atoms with E-state index in [1.165, 1.54) is 18.4 Å². The van der Waals surface area contributed by atoms with Gasteiger partial charge in [-0.25, -0.2) is 0 Å². The SMILES string of the molecule is CC(C)=CC1CCCC(O)C1. The van der Waals surface area contributed by atoms with Gasteiger partial charge in [0.1, 0.15) is 0 Å². The summed E-state index contributed by atoms with van der Waals surface area (Å²) in [6.07, 6.45) is 6.70. The molecule has 64 valence electrons. The third-order valence-electron chi connectivity index (χ3n) is 2.26. The van der Waals surface area contributed by atoms with Gasteiger partial charge in [0.2, 0.25) is 0 Å². The van der Waals surface area contributed by atoms with Crippen molar-refractivity contribution < 1.29 is 5.11 Å². The standard InChI is InChI=1S/C10H18O/c1-8(2)6-9-4-3-5-10(11)7-9/h6,9-11H,3-5,7H2,1-2H3. The first-order valence-electron chi connectivity index (χ1n) is 4.51. The van der Waals surface area contributed by atoms with Crippen molar-refractivity contribution in [2.75, 3.05) is 0 Å². The molecule has 0 heterocycles. The lowest BCUT2D eigenvalue weighted by Crippen LogP contribution is -2.18. The van der Waals surface area contributed by atoms with E-state index in [2.05, 4.69) is 19.9 Å². The highest BCUT2D eigenvalue weighted by atomic mass is 16.3.